The predicted octanol–water partition coefficient (Wildman–Crippen LogP) is 21.8. The summed E-state index contributed by atoms with van der Waals surface area (Å²) >= 11 is 0. The van der Waals surface area contributed by atoms with Gasteiger partial charge in [-0.3, -0.25) is 9.59 Å². The molecule has 0 saturated carbocycles. The maximum Gasteiger partial charge on any atom is 0.361 e. The molecule has 81 heavy (non-hydrogen) atoms. The van der Waals surface area contributed by atoms with Crippen LogP contribution in [-0.4, -0.2) is 87.4 Å². The minimum absolute atomic E-state index is 0.175. The van der Waals surface area contributed by atoms with Crippen LogP contribution in [0.5, 0.6) is 0 Å². The van der Waals surface area contributed by atoms with Crippen molar-refractivity contribution in [2.24, 2.45) is 0 Å². The van der Waals surface area contributed by atoms with E-state index in [0.717, 1.165) is 44.9 Å². The second-order valence-electron chi connectivity index (χ2n) is 25.6. The van der Waals surface area contributed by atoms with Crippen molar-refractivity contribution in [3.05, 3.63) is 24.3 Å². The van der Waals surface area contributed by atoms with Crippen molar-refractivity contribution in [3.63, 3.8) is 0 Å². The van der Waals surface area contributed by atoms with Crippen LogP contribution in [0.4, 0.5) is 0 Å². The Labute approximate surface area is 503 Å². The number of hydrogen-bond donors (Lipinski definition) is 1. The number of carbonyl (C=O) groups is 3. The first-order valence-corrected chi connectivity index (χ1v) is 35.5. The Balaban J connectivity index is 4.06. The summed E-state index contributed by atoms with van der Waals surface area (Å²) in [6, 6.07) is 0. The van der Waals surface area contributed by atoms with Gasteiger partial charge in [-0.2, -0.15) is 0 Å². The molecule has 0 fully saturated rings. The highest BCUT2D eigenvalue weighted by atomic mass is 16.7. The fourth-order valence-corrected chi connectivity index (χ4v) is 10.8. The zero-order valence-electron chi connectivity index (χ0n) is 54.7. The number of ether oxygens (including phenoxy) is 4. The largest absolute Gasteiger partial charge is 0.477 e. The van der Waals surface area contributed by atoms with Gasteiger partial charge in [-0.05, 0) is 44.9 Å². The third-order valence-corrected chi connectivity index (χ3v) is 16.2. The minimum Gasteiger partial charge on any atom is -0.477 e. The molecule has 0 aliphatic carbocycles. The van der Waals surface area contributed by atoms with Gasteiger partial charge in [0.15, 0.2) is 6.10 Å². The van der Waals surface area contributed by atoms with Crippen LogP contribution in [0.3, 0.4) is 0 Å². The fourth-order valence-electron chi connectivity index (χ4n) is 10.8. The molecule has 0 aromatic carbocycles. The Bertz CT molecular complexity index is 1380. The molecule has 0 spiro atoms. The summed E-state index contributed by atoms with van der Waals surface area (Å²) in [5.74, 6) is -1.97. The summed E-state index contributed by atoms with van der Waals surface area (Å²) < 4.78 is 23.0. The first kappa shape index (κ1) is 78.8. The Morgan fingerprint density at radius 2 is 0.667 bits per heavy atom. The van der Waals surface area contributed by atoms with Crippen molar-refractivity contribution in [1.82, 2.24) is 0 Å². The highest BCUT2D eigenvalue weighted by Gasteiger charge is 2.25. The number of likely N-dealkylation sites (N-methyl/N-ethyl adjacent to an activating group) is 1. The third kappa shape index (κ3) is 65.2. The number of hydrogen-bond acceptors (Lipinski definition) is 7. The number of allylic oxidation sites excluding steroid dienone is 4. The van der Waals surface area contributed by atoms with Gasteiger partial charge in [-0.15, -0.1) is 0 Å². The monoisotopic (exact) mass is 1150 g/mol. The van der Waals surface area contributed by atoms with Crippen molar-refractivity contribution < 1.29 is 42.9 Å². The van der Waals surface area contributed by atoms with E-state index in [1.807, 2.05) is 21.1 Å². The molecule has 0 aliphatic rings. The SMILES string of the molecule is CCCCCCC/C=C\C/C=C\CCCCCCCCCCCCCCCCCCCC(=O)OC(COC(=O)CCCCCCCCCCCCCCCCCCCCCCCCCCCCC)COC(OCC[N+](C)(C)C)C(=O)O. The number of carboxylic acids is 1. The molecule has 0 saturated heterocycles. The molecule has 1 N–H and O–H groups in total. The first-order valence-electron chi connectivity index (χ1n) is 35.5. The van der Waals surface area contributed by atoms with Gasteiger partial charge >= 0.3 is 17.9 Å². The molecule has 478 valence electrons. The average Bonchev–Trinajstić information content (AvgIpc) is 3.44. The van der Waals surface area contributed by atoms with Gasteiger partial charge in [0.1, 0.15) is 13.2 Å². The maximum absolute atomic E-state index is 12.9. The lowest BCUT2D eigenvalue weighted by Gasteiger charge is -2.25. The van der Waals surface area contributed by atoms with E-state index >= 15 is 0 Å². The Kier molecular flexibility index (Phi) is 62.0. The number of carboxylic acid groups (broad SMARTS) is 1. The molecule has 0 radical (unpaired) electrons. The molecule has 0 bridgehead atoms. The van der Waals surface area contributed by atoms with Gasteiger partial charge in [0.2, 0.25) is 0 Å². The highest BCUT2D eigenvalue weighted by Crippen LogP contribution is 2.19. The molecule has 0 amide bonds. The average molecular weight is 1150 g/mol. The highest BCUT2D eigenvalue weighted by molar-refractivity contribution is 5.71. The van der Waals surface area contributed by atoms with Crippen LogP contribution in [0.1, 0.15) is 361 Å². The van der Waals surface area contributed by atoms with E-state index in [4.69, 9.17) is 18.9 Å². The Morgan fingerprint density at radius 1 is 0.370 bits per heavy atom. The lowest BCUT2D eigenvalue weighted by molar-refractivity contribution is -0.870. The van der Waals surface area contributed by atoms with Crippen LogP contribution in [0.25, 0.3) is 0 Å². The second-order valence-corrected chi connectivity index (χ2v) is 25.6. The van der Waals surface area contributed by atoms with Crippen LogP contribution >= 0.6 is 0 Å². The summed E-state index contributed by atoms with van der Waals surface area (Å²) in [5.41, 5.74) is 0. The van der Waals surface area contributed by atoms with Crippen LogP contribution in [0.15, 0.2) is 24.3 Å². The summed E-state index contributed by atoms with van der Waals surface area (Å²) in [5, 5.41) is 9.75. The van der Waals surface area contributed by atoms with Crippen molar-refractivity contribution in [1.29, 1.82) is 0 Å². The van der Waals surface area contributed by atoms with Crippen LogP contribution < -0.4 is 0 Å². The molecule has 0 heterocycles. The topological polar surface area (TPSA) is 108 Å². The molecule has 0 rings (SSSR count). The first-order chi connectivity index (χ1) is 39.6. The van der Waals surface area contributed by atoms with Gasteiger partial charge < -0.3 is 28.5 Å². The quantitative estimate of drug-likeness (QED) is 0.0211. The summed E-state index contributed by atoms with van der Waals surface area (Å²) in [6.45, 7) is 4.95. The van der Waals surface area contributed by atoms with Crippen molar-refractivity contribution in [2.45, 2.75) is 373 Å². The van der Waals surface area contributed by atoms with Gasteiger partial charge in [-0.1, -0.05) is 327 Å². The number of quaternary nitrogens is 1. The fraction of sp³-hybridized carbons (Fsp3) is 0.903. The van der Waals surface area contributed by atoms with Crippen molar-refractivity contribution in [2.75, 3.05) is 47.5 Å². The summed E-state index contributed by atoms with van der Waals surface area (Å²) in [6.07, 6.45) is 75.8. The minimum atomic E-state index is -1.51. The van der Waals surface area contributed by atoms with E-state index in [0.29, 0.717) is 17.4 Å². The van der Waals surface area contributed by atoms with E-state index in [2.05, 4.69) is 38.2 Å². The van der Waals surface area contributed by atoms with E-state index in [-0.39, 0.29) is 38.2 Å². The maximum atomic E-state index is 12.9. The molecule has 2 unspecified atom stereocenters. The van der Waals surface area contributed by atoms with E-state index in [9.17, 15) is 19.5 Å². The molecule has 2 atom stereocenters. The lowest BCUT2D eigenvalue weighted by atomic mass is 10.0. The molecule has 9 heteroatoms. The van der Waals surface area contributed by atoms with Gasteiger partial charge in [0.25, 0.3) is 6.29 Å². The molecular formula is C72H138NO8+. The zero-order chi connectivity index (χ0) is 59.1. The molecular weight excluding hydrogens is 1010 g/mol. The Morgan fingerprint density at radius 3 is 0.975 bits per heavy atom. The number of esters is 2. The molecule has 0 aromatic rings. The van der Waals surface area contributed by atoms with Gasteiger partial charge in [0, 0.05) is 12.8 Å². The van der Waals surface area contributed by atoms with Gasteiger partial charge in [-0.25, -0.2) is 4.79 Å². The number of nitrogens with zero attached hydrogens (tertiary/aromatic N) is 1. The molecule has 0 aromatic heterocycles. The van der Waals surface area contributed by atoms with E-state index in [1.54, 1.807) is 0 Å². The Hall–Kier alpha value is -2.23. The van der Waals surface area contributed by atoms with Gasteiger partial charge in [0.05, 0.1) is 34.4 Å². The number of aliphatic carboxylic acids is 1. The van der Waals surface area contributed by atoms with Crippen molar-refractivity contribution >= 4 is 17.9 Å². The number of unbranched alkanes of at least 4 members (excludes halogenated alkanes) is 48. The third-order valence-electron chi connectivity index (χ3n) is 16.2. The zero-order valence-corrected chi connectivity index (χ0v) is 54.7. The standard InChI is InChI=1S/C72H137NO8/c1-6-8-10-12-14-16-18-20-22-24-26-28-30-32-34-35-37-39-41-43-45-47-49-51-53-55-57-59-61-63-70(75)81-68(67-80-72(71(76)77)78-65-64-73(3,4)5)66-79-69(74)62-60-58-56-54-52-50-48-46-44-42-40-38-36-33-31-29-27-25-23-21-19-17-15-13-11-9-7-2/h18,20,24,26,68,72H,6-17,19,21-23,25,27-67H2,1-5H3/p+1/b20-18-,26-24-. The predicted molar refractivity (Wildman–Crippen MR) is 346 cm³/mol. The normalized spacial score (nSPS) is 12.8. The van der Waals surface area contributed by atoms with E-state index in [1.165, 1.54) is 289 Å². The molecule has 0 aliphatic heterocycles. The van der Waals surface area contributed by atoms with E-state index < -0.39 is 18.4 Å². The smallest absolute Gasteiger partial charge is 0.361 e. The number of rotatable bonds is 67. The van der Waals surface area contributed by atoms with Crippen LogP contribution in [0, 0.1) is 0 Å². The second kappa shape index (κ2) is 63.8. The molecule has 9 nitrogen and oxygen atoms in total. The lowest BCUT2D eigenvalue weighted by Crippen LogP contribution is -2.40. The van der Waals surface area contributed by atoms with Crippen LogP contribution in [-0.2, 0) is 33.3 Å². The van der Waals surface area contributed by atoms with Crippen molar-refractivity contribution in [3.8, 4) is 0 Å². The van der Waals surface area contributed by atoms with Crippen LogP contribution in [0.2, 0.25) is 0 Å². The summed E-state index contributed by atoms with van der Waals surface area (Å²) in [7, 11) is 5.99. The number of carbonyl (C=O) groups excluding carboxylic acids is 2. The summed E-state index contributed by atoms with van der Waals surface area (Å²) in [4.78, 5) is 37.6.